The number of rotatable bonds is 0. The zero-order valence-corrected chi connectivity index (χ0v) is 6.30. The third kappa shape index (κ3) is 19.5. The molecule has 3 nitrogen and oxygen atoms in total. The third-order valence-electron chi connectivity index (χ3n) is 0.630. The summed E-state index contributed by atoms with van der Waals surface area (Å²) in [5.41, 5.74) is 0. The monoisotopic (exact) mass is 128 g/mol. The predicted molar refractivity (Wildman–Crippen MR) is 35.7 cm³/mol. The van der Waals surface area contributed by atoms with Crippen LogP contribution >= 0.6 is 0 Å². The van der Waals surface area contributed by atoms with Gasteiger partial charge in [-0.3, -0.25) is 4.79 Å². The average molecular weight is 128 g/mol. The molecular formula is C6H12N2O. The summed E-state index contributed by atoms with van der Waals surface area (Å²) in [6.45, 7) is 2.96. The van der Waals surface area contributed by atoms with E-state index < -0.39 is 0 Å². The molecule has 0 N–H and O–H groups in total. The van der Waals surface area contributed by atoms with E-state index in [2.05, 4.69) is 0 Å². The van der Waals surface area contributed by atoms with E-state index in [4.69, 9.17) is 5.26 Å². The van der Waals surface area contributed by atoms with Crippen molar-refractivity contribution in [1.29, 1.82) is 5.26 Å². The fourth-order valence-corrected chi connectivity index (χ4v) is 0. The van der Waals surface area contributed by atoms with Crippen molar-refractivity contribution in [3.05, 3.63) is 0 Å². The van der Waals surface area contributed by atoms with Gasteiger partial charge in [-0.15, -0.1) is 0 Å². The molecule has 0 saturated heterocycles. The summed E-state index contributed by atoms with van der Waals surface area (Å²) in [6.07, 6.45) is 0. The number of amides is 1. The van der Waals surface area contributed by atoms with Crippen LogP contribution in [0.3, 0.4) is 0 Å². The molecule has 0 saturated carbocycles. The van der Waals surface area contributed by atoms with Gasteiger partial charge in [0.05, 0.1) is 6.07 Å². The van der Waals surface area contributed by atoms with Gasteiger partial charge in [0.2, 0.25) is 5.91 Å². The first-order chi connectivity index (χ1) is 4.06. The molecule has 0 unspecified atom stereocenters. The van der Waals surface area contributed by atoms with E-state index >= 15 is 0 Å². The van der Waals surface area contributed by atoms with Gasteiger partial charge < -0.3 is 4.90 Å². The fourth-order valence-electron chi connectivity index (χ4n) is 0. The van der Waals surface area contributed by atoms with Crippen LogP contribution in [-0.2, 0) is 4.79 Å². The van der Waals surface area contributed by atoms with Gasteiger partial charge in [0.25, 0.3) is 0 Å². The van der Waals surface area contributed by atoms with Crippen LogP contribution in [-0.4, -0.2) is 24.9 Å². The molecule has 0 heterocycles. The van der Waals surface area contributed by atoms with Gasteiger partial charge in [-0.25, -0.2) is 0 Å². The maximum Gasteiger partial charge on any atom is 0.218 e. The number of nitriles is 1. The molecule has 0 aliphatic heterocycles. The normalized spacial score (nSPS) is 6.11. The van der Waals surface area contributed by atoms with E-state index in [0.717, 1.165) is 0 Å². The predicted octanol–water partition coefficient (Wildman–Crippen LogP) is 0.624. The Labute approximate surface area is 55.9 Å². The molecule has 3 heteroatoms. The SMILES string of the molecule is CC#N.CC(=O)N(C)C. The lowest BCUT2D eigenvalue weighted by molar-refractivity contribution is -0.126. The van der Waals surface area contributed by atoms with Crippen LogP contribution in [0.1, 0.15) is 13.8 Å². The highest BCUT2D eigenvalue weighted by Gasteiger charge is 1.87. The molecule has 1 amide bonds. The molecule has 0 radical (unpaired) electrons. The highest BCUT2D eigenvalue weighted by Crippen LogP contribution is 1.69. The fraction of sp³-hybridized carbons (Fsp3) is 0.667. The lowest BCUT2D eigenvalue weighted by Crippen LogP contribution is -2.17. The first-order valence-corrected chi connectivity index (χ1v) is 2.55. The molecule has 0 aromatic rings. The second-order valence-corrected chi connectivity index (χ2v) is 1.64. The Bertz CT molecular complexity index is 113. The number of hydrogen-bond donors (Lipinski definition) is 0. The Hall–Kier alpha value is -1.04. The number of carbonyl (C=O) groups is 1. The van der Waals surface area contributed by atoms with Crippen molar-refractivity contribution in [2.75, 3.05) is 14.1 Å². The quantitative estimate of drug-likeness (QED) is 0.480. The van der Waals surface area contributed by atoms with Crippen molar-refractivity contribution in [3.63, 3.8) is 0 Å². The molecule has 0 aliphatic carbocycles. The van der Waals surface area contributed by atoms with Crippen molar-refractivity contribution in [3.8, 4) is 6.07 Å². The second-order valence-electron chi connectivity index (χ2n) is 1.64. The van der Waals surface area contributed by atoms with Crippen molar-refractivity contribution < 1.29 is 4.79 Å². The van der Waals surface area contributed by atoms with Gasteiger partial charge in [0, 0.05) is 27.9 Å². The summed E-state index contributed by atoms with van der Waals surface area (Å²) in [4.78, 5) is 11.6. The van der Waals surface area contributed by atoms with E-state index in [1.54, 1.807) is 20.2 Å². The molecule has 0 bridgehead atoms. The molecule has 0 atom stereocenters. The van der Waals surface area contributed by atoms with Gasteiger partial charge >= 0.3 is 0 Å². The Kier molecular flexibility index (Phi) is 8.39. The lowest BCUT2D eigenvalue weighted by atomic mass is 10.7. The Balaban J connectivity index is 0. The Morgan fingerprint density at radius 3 is 1.67 bits per heavy atom. The van der Waals surface area contributed by atoms with Crippen LogP contribution in [0.4, 0.5) is 0 Å². The van der Waals surface area contributed by atoms with Crippen LogP contribution in [0.2, 0.25) is 0 Å². The number of hydrogen-bond acceptors (Lipinski definition) is 2. The van der Waals surface area contributed by atoms with Crippen molar-refractivity contribution in [1.82, 2.24) is 4.90 Å². The van der Waals surface area contributed by atoms with Crippen LogP contribution in [0, 0.1) is 11.3 Å². The standard InChI is InChI=1S/C4H9NO.C2H3N/c1-4(6)5(2)3;1-2-3/h1-3H3;1H3. The Morgan fingerprint density at radius 1 is 1.56 bits per heavy atom. The van der Waals surface area contributed by atoms with E-state index in [9.17, 15) is 4.79 Å². The van der Waals surface area contributed by atoms with Gasteiger partial charge in [0.1, 0.15) is 0 Å². The van der Waals surface area contributed by atoms with Crippen LogP contribution in [0.25, 0.3) is 0 Å². The van der Waals surface area contributed by atoms with E-state index in [1.165, 1.54) is 18.7 Å². The van der Waals surface area contributed by atoms with Gasteiger partial charge in [0.15, 0.2) is 0 Å². The summed E-state index contributed by atoms with van der Waals surface area (Å²) < 4.78 is 0. The summed E-state index contributed by atoms with van der Waals surface area (Å²) in [7, 11) is 3.45. The Morgan fingerprint density at radius 2 is 1.67 bits per heavy atom. The molecule has 52 valence electrons. The number of nitrogens with zero attached hydrogens (tertiary/aromatic N) is 2. The molecule has 9 heavy (non-hydrogen) atoms. The summed E-state index contributed by atoms with van der Waals surface area (Å²) >= 11 is 0. The molecule has 0 aromatic heterocycles. The van der Waals surface area contributed by atoms with Crippen molar-refractivity contribution in [2.24, 2.45) is 0 Å². The lowest BCUT2D eigenvalue weighted by Gasteiger charge is -2.02. The number of carbonyl (C=O) groups excluding carboxylic acids is 1. The second kappa shape index (κ2) is 6.96. The molecule has 0 rings (SSSR count). The minimum Gasteiger partial charge on any atom is -0.349 e. The largest absolute Gasteiger partial charge is 0.349 e. The molecular weight excluding hydrogens is 116 g/mol. The summed E-state index contributed by atoms with van der Waals surface area (Å²) in [5.74, 6) is 0.0926. The topological polar surface area (TPSA) is 44.1 Å². The van der Waals surface area contributed by atoms with Crippen LogP contribution < -0.4 is 0 Å². The highest BCUT2D eigenvalue weighted by atomic mass is 16.2. The molecule has 0 fully saturated rings. The maximum absolute atomic E-state index is 10.1. The van der Waals surface area contributed by atoms with E-state index in [1.807, 2.05) is 0 Å². The zero-order valence-electron chi connectivity index (χ0n) is 6.30. The minimum absolute atomic E-state index is 0.0926. The van der Waals surface area contributed by atoms with Gasteiger partial charge in [-0.1, -0.05) is 0 Å². The van der Waals surface area contributed by atoms with Crippen molar-refractivity contribution in [2.45, 2.75) is 13.8 Å². The third-order valence-corrected chi connectivity index (χ3v) is 0.630. The van der Waals surface area contributed by atoms with Crippen molar-refractivity contribution >= 4 is 5.91 Å². The van der Waals surface area contributed by atoms with Gasteiger partial charge in [-0.2, -0.15) is 5.26 Å². The average Bonchev–Trinajstić information content (AvgIpc) is 1.68. The molecule has 0 aromatic carbocycles. The van der Waals surface area contributed by atoms with Crippen LogP contribution in [0.5, 0.6) is 0 Å². The van der Waals surface area contributed by atoms with E-state index in [-0.39, 0.29) is 5.91 Å². The molecule has 0 aliphatic rings. The molecule has 0 spiro atoms. The zero-order chi connectivity index (χ0) is 7.86. The summed E-state index contributed by atoms with van der Waals surface area (Å²) in [6, 6.07) is 1.75. The highest BCUT2D eigenvalue weighted by molar-refractivity contribution is 5.72. The maximum atomic E-state index is 10.1. The minimum atomic E-state index is 0.0926. The first kappa shape index (κ1) is 10.9. The first-order valence-electron chi connectivity index (χ1n) is 2.55. The van der Waals surface area contributed by atoms with Crippen LogP contribution in [0.15, 0.2) is 0 Å². The van der Waals surface area contributed by atoms with E-state index in [0.29, 0.717) is 0 Å². The summed E-state index contributed by atoms with van der Waals surface area (Å²) in [5, 5.41) is 7.32. The smallest absolute Gasteiger partial charge is 0.218 e. The van der Waals surface area contributed by atoms with Gasteiger partial charge in [-0.05, 0) is 0 Å².